The third-order valence-electron chi connectivity index (χ3n) is 3.25. The van der Waals surface area contributed by atoms with Gasteiger partial charge in [0.25, 0.3) is 0 Å². The second-order valence-corrected chi connectivity index (χ2v) is 5.44. The number of halogens is 2. The molecule has 0 aliphatic rings. The quantitative estimate of drug-likeness (QED) is 0.706. The third-order valence-corrected chi connectivity index (χ3v) is 3.62. The number of hydrogen-bond acceptors (Lipinski definition) is 1. The van der Waals surface area contributed by atoms with Gasteiger partial charge in [0.2, 0.25) is 0 Å². The standard InChI is InChI=1S/C17H18ClFO/c1-20-17-9-6-13(7-10-17)5-8-15(18)11-14-3-2-4-16(19)12-14/h2-4,6-7,9-10,12,15H,5,8,11H2,1H3. The van der Waals surface area contributed by atoms with Gasteiger partial charge >= 0.3 is 0 Å². The molecule has 3 heteroatoms. The monoisotopic (exact) mass is 292 g/mol. The van der Waals surface area contributed by atoms with E-state index in [-0.39, 0.29) is 11.2 Å². The van der Waals surface area contributed by atoms with Gasteiger partial charge in [-0.15, -0.1) is 11.6 Å². The summed E-state index contributed by atoms with van der Waals surface area (Å²) in [6.07, 6.45) is 2.47. The molecule has 0 amide bonds. The predicted molar refractivity (Wildman–Crippen MR) is 81.1 cm³/mol. The number of ether oxygens (including phenoxy) is 1. The van der Waals surface area contributed by atoms with Crippen LogP contribution in [0.15, 0.2) is 48.5 Å². The normalized spacial score (nSPS) is 12.2. The average molecular weight is 293 g/mol. The lowest BCUT2D eigenvalue weighted by Gasteiger charge is -2.10. The van der Waals surface area contributed by atoms with Crippen LogP contribution in [-0.2, 0) is 12.8 Å². The van der Waals surface area contributed by atoms with Gasteiger partial charge in [-0.1, -0.05) is 24.3 Å². The second kappa shape index (κ2) is 7.30. The molecule has 2 rings (SSSR count). The largest absolute Gasteiger partial charge is 0.497 e. The Balaban J connectivity index is 1.83. The lowest BCUT2D eigenvalue weighted by atomic mass is 10.0. The molecule has 0 spiro atoms. The highest BCUT2D eigenvalue weighted by molar-refractivity contribution is 6.20. The van der Waals surface area contributed by atoms with Gasteiger partial charge in [0, 0.05) is 5.38 Å². The number of methoxy groups -OCH3 is 1. The first-order valence-corrected chi connectivity index (χ1v) is 7.12. The van der Waals surface area contributed by atoms with E-state index in [1.54, 1.807) is 19.2 Å². The average Bonchev–Trinajstić information content (AvgIpc) is 2.46. The van der Waals surface area contributed by atoms with Crippen molar-refractivity contribution in [1.29, 1.82) is 0 Å². The van der Waals surface area contributed by atoms with Crippen molar-refractivity contribution in [3.63, 3.8) is 0 Å². The lowest BCUT2D eigenvalue weighted by Crippen LogP contribution is -2.05. The van der Waals surface area contributed by atoms with E-state index in [0.29, 0.717) is 6.42 Å². The number of rotatable bonds is 6. The number of hydrogen-bond donors (Lipinski definition) is 0. The maximum absolute atomic E-state index is 13.1. The van der Waals surface area contributed by atoms with Crippen LogP contribution in [0.2, 0.25) is 0 Å². The van der Waals surface area contributed by atoms with Crippen LogP contribution in [0.4, 0.5) is 4.39 Å². The molecule has 0 aromatic heterocycles. The van der Waals surface area contributed by atoms with E-state index in [0.717, 1.165) is 24.2 Å². The molecule has 2 aromatic rings. The summed E-state index contributed by atoms with van der Waals surface area (Å²) < 4.78 is 18.2. The molecule has 20 heavy (non-hydrogen) atoms. The Morgan fingerprint density at radius 3 is 2.50 bits per heavy atom. The lowest BCUT2D eigenvalue weighted by molar-refractivity contribution is 0.414. The van der Waals surface area contributed by atoms with E-state index in [1.807, 2.05) is 30.3 Å². The minimum atomic E-state index is -0.207. The number of benzene rings is 2. The van der Waals surface area contributed by atoms with E-state index < -0.39 is 0 Å². The van der Waals surface area contributed by atoms with Crippen LogP contribution < -0.4 is 4.74 Å². The van der Waals surface area contributed by atoms with E-state index >= 15 is 0 Å². The Morgan fingerprint density at radius 1 is 1.10 bits per heavy atom. The third kappa shape index (κ3) is 4.53. The summed E-state index contributed by atoms with van der Waals surface area (Å²) in [7, 11) is 1.66. The van der Waals surface area contributed by atoms with Crippen LogP contribution in [0.3, 0.4) is 0 Å². The molecular formula is C17H18ClFO. The molecule has 0 aliphatic carbocycles. The topological polar surface area (TPSA) is 9.23 Å². The van der Waals surface area contributed by atoms with Crippen molar-refractivity contribution < 1.29 is 9.13 Å². The fourth-order valence-electron chi connectivity index (χ4n) is 2.14. The first-order chi connectivity index (χ1) is 9.67. The number of alkyl halides is 1. The van der Waals surface area contributed by atoms with E-state index in [4.69, 9.17) is 16.3 Å². The first kappa shape index (κ1) is 14.9. The molecule has 0 saturated carbocycles. The summed E-state index contributed by atoms with van der Waals surface area (Å²) in [5.74, 6) is 0.650. The van der Waals surface area contributed by atoms with Crippen molar-refractivity contribution in [3.05, 3.63) is 65.5 Å². The molecular weight excluding hydrogens is 275 g/mol. The first-order valence-electron chi connectivity index (χ1n) is 6.69. The molecule has 0 radical (unpaired) electrons. The zero-order chi connectivity index (χ0) is 14.4. The predicted octanol–water partition coefficient (Wildman–Crippen LogP) is 4.62. The molecule has 0 fully saturated rings. The van der Waals surface area contributed by atoms with Crippen molar-refractivity contribution in [2.75, 3.05) is 7.11 Å². The Kier molecular flexibility index (Phi) is 5.42. The molecule has 0 N–H and O–H groups in total. The van der Waals surface area contributed by atoms with Crippen LogP contribution in [0.25, 0.3) is 0 Å². The number of aryl methyl sites for hydroxylation is 1. The second-order valence-electron chi connectivity index (χ2n) is 4.82. The summed E-state index contributed by atoms with van der Waals surface area (Å²) >= 11 is 6.33. The van der Waals surface area contributed by atoms with Gasteiger partial charge in [0.15, 0.2) is 0 Å². The SMILES string of the molecule is COc1ccc(CCC(Cl)Cc2cccc(F)c2)cc1. The van der Waals surface area contributed by atoms with E-state index in [1.165, 1.54) is 11.6 Å². The van der Waals surface area contributed by atoms with Gasteiger partial charge in [-0.3, -0.25) is 0 Å². The zero-order valence-electron chi connectivity index (χ0n) is 11.5. The van der Waals surface area contributed by atoms with Crippen LogP contribution in [0.5, 0.6) is 5.75 Å². The van der Waals surface area contributed by atoms with Crippen molar-refractivity contribution in [1.82, 2.24) is 0 Å². The summed E-state index contributed by atoms with van der Waals surface area (Å²) in [6, 6.07) is 14.6. The molecule has 0 saturated heterocycles. The maximum Gasteiger partial charge on any atom is 0.123 e. The molecule has 106 valence electrons. The van der Waals surface area contributed by atoms with Crippen molar-refractivity contribution >= 4 is 11.6 Å². The fraction of sp³-hybridized carbons (Fsp3) is 0.294. The van der Waals surface area contributed by atoms with Gasteiger partial charge in [-0.2, -0.15) is 0 Å². The van der Waals surface area contributed by atoms with Crippen LogP contribution in [0, 0.1) is 5.82 Å². The molecule has 0 bridgehead atoms. The fourth-order valence-corrected chi connectivity index (χ4v) is 2.42. The van der Waals surface area contributed by atoms with Crippen molar-refractivity contribution in [3.8, 4) is 5.75 Å². The Hall–Kier alpha value is -1.54. The van der Waals surface area contributed by atoms with Crippen LogP contribution >= 0.6 is 11.6 Å². The molecule has 0 heterocycles. The Morgan fingerprint density at radius 2 is 1.85 bits per heavy atom. The molecule has 1 unspecified atom stereocenters. The Bertz CT molecular complexity index is 539. The molecule has 1 nitrogen and oxygen atoms in total. The van der Waals surface area contributed by atoms with Gasteiger partial charge in [0.1, 0.15) is 11.6 Å². The molecule has 0 aliphatic heterocycles. The van der Waals surface area contributed by atoms with Gasteiger partial charge in [0.05, 0.1) is 7.11 Å². The Labute approximate surface area is 124 Å². The highest BCUT2D eigenvalue weighted by atomic mass is 35.5. The summed E-state index contributed by atoms with van der Waals surface area (Å²) in [5.41, 5.74) is 2.18. The zero-order valence-corrected chi connectivity index (χ0v) is 12.2. The summed E-state index contributed by atoms with van der Waals surface area (Å²) in [4.78, 5) is 0. The van der Waals surface area contributed by atoms with E-state index in [9.17, 15) is 4.39 Å². The summed E-state index contributed by atoms with van der Waals surface area (Å²) in [6.45, 7) is 0. The minimum absolute atomic E-state index is 0.0129. The maximum atomic E-state index is 13.1. The smallest absolute Gasteiger partial charge is 0.123 e. The highest BCUT2D eigenvalue weighted by Gasteiger charge is 2.07. The summed E-state index contributed by atoms with van der Waals surface area (Å²) in [5, 5.41) is 0.0129. The van der Waals surface area contributed by atoms with Crippen molar-refractivity contribution in [2.24, 2.45) is 0 Å². The van der Waals surface area contributed by atoms with Crippen molar-refractivity contribution in [2.45, 2.75) is 24.6 Å². The molecule has 1 atom stereocenters. The highest BCUT2D eigenvalue weighted by Crippen LogP contribution is 2.17. The van der Waals surface area contributed by atoms with Gasteiger partial charge in [-0.05, 0) is 54.7 Å². The minimum Gasteiger partial charge on any atom is -0.497 e. The van der Waals surface area contributed by atoms with Gasteiger partial charge in [-0.25, -0.2) is 4.39 Å². The van der Waals surface area contributed by atoms with Crippen LogP contribution in [0.1, 0.15) is 17.5 Å². The molecule has 2 aromatic carbocycles. The van der Waals surface area contributed by atoms with E-state index in [2.05, 4.69) is 0 Å². The van der Waals surface area contributed by atoms with Crippen LogP contribution in [-0.4, -0.2) is 12.5 Å². The van der Waals surface area contributed by atoms with Gasteiger partial charge < -0.3 is 4.74 Å².